The number of ether oxygens (including phenoxy) is 4. The lowest BCUT2D eigenvalue weighted by Gasteiger charge is -2.29. The van der Waals surface area contributed by atoms with Crippen molar-refractivity contribution in [2.45, 2.75) is 259 Å². The maximum absolute atomic E-state index is 7.33. The van der Waals surface area contributed by atoms with Gasteiger partial charge in [0.2, 0.25) is 0 Å². The van der Waals surface area contributed by atoms with Crippen LogP contribution < -0.4 is 18.9 Å². The topological polar surface area (TPSA) is 36.9 Å². The van der Waals surface area contributed by atoms with Crippen LogP contribution in [0.3, 0.4) is 0 Å². The average molecular weight is 1090 g/mol. The van der Waals surface area contributed by atoms with Gasteiger partial charge >= 0.3 is 0 Å². The first-order valence-corrected chi connectivity index (χ1v) is 31.7. The van der Waals surface area contributed by atoms with Gasteiger partial charge in [-0.15, -0.1) is 26.3 Å². The van der Waals surface area contributed by atoms with Gasteiger partial charge in [-0.1, -0.05) is 207 Å². The normalized spacial score (nSPS) is 12.9. The van der Waals surface area contributed by atoms with E-state index in [9.17, 15) is 0 Å². The molecule has 0 heterocycles. The number of fused-ring (bicyclic) bond motifs is 8. The highest BCUT2D eigenvalue weighted by molar-refractivity contribution is 5.60. The number of unbranched alkanes of at least 4 members (excludes halogenated alkanes) is 16. The minimum absolute atomic E-state index is 0.115. The molecule has 8 bridgehead atoms. The van der Waals surface area contributed by atoms with E-state index in [-0.39, 0.29) is 21.7 Å². The van der Waals surface area contributed by atoms with Gasteiger partial charge in [-0.05, 0) is 165 Å². The standard InChI is InChI=1S/C76H112O4/c1-17-21-25-29-33-37-41-77-69-57-45-59-51-66(74(8,9)10)53-61(70(59)78-42-38-34-30-26-22-18-2)47-63-55-68(76(14,15)16)56-64(72(63)80-44-40-36-32-28-24-20-4)48-62-54-67(75(11,12)13)52-60(46-58(69)50-65(49-57)73(5,6)7)71(62)79-43-39-35-31-27-23-19-3/h17-20,49-56H,1-4,21-48H2,5-16H3. The molecule has 1 aliphatic carbocycles. The highest BCUT2D eigenvalue weighted by Crippen LogP contribution is 2.45. The quantitative estimate of drug-likeness (QED) is 0.0318. The van der Waals surface area contributed by atoms with E-state index in [1.807, 2.05) is 24.3 Å². The molecule has 0 aromatic heterocycles. The minimum atomic E-state index is -0.115. The summed E-state index contributed by atoms with van der Waals surface area (Å²) in [7, 11) is 0. The first-order valence-electron chi connectivity index (χ1n) is 31.7. The molecule has 5 rings (SSSR count). The molecule has 0 saturated heterocycles. The summed E-state index contributed by atoms with van der Waals surface area (Å²) in [6.45, 7) is 46.9. The van der Waals surface area contributed by atoms with Gasteiger partial charge in [0.15, 0.2) is 0 Å². The van der Waals surface area contributed by atoms with Crippen LogP contribution in [0.5, 0.6) is 23.0 Å². The zero-order chi connectivity index (χ0) is 58.4. The molecule has 0 saturated carbocycles. The second kappa shape index (κ2) is 32.0. The molecule has 0 atom stereocenters. The Kier molecular flexibility index (Phi) is 26.4. The number of rotatable bonds is 32. The van der Waals surface area contributed by atoms with Gasteiger partial charge in [0.25, 0.3) is 0 Å². The third kappa shape index (κ3) is 20.8. The van der Waals surface area contributed by atoms with E-state index in [0.29, 0.717) is 52.1 Å². The molecule has 0 amide bonds. The Morgan fingerprint density at radius 2 is 0.438 bits per heavy atom. The molecule has 4 aromatic rings. The fourth-order valence-corrected chi connectivity index (χ4v) is 11.0. The van der Waals surface area contributed by atoms with E-state index in [1.54, 1.807) is 0 Å². The summed E-state index contributed by atoms with van der Waals surface area (Å²) in [5, 5.41) is 0. The molecule has 0 unspecified atom stereocenters. The van der Waals surface area contributed by atoms with Gasteiger partial charge in [-0.25, -0.2) is 0 Å². The van der Waals surface area contributed by atoms with Crippen molar-refractivity contribution in [3.8, 4) is 23.0 Å². The molecule has 440 valence electrons. The van der Waals surface area contributed by atoms with E-state index in [4.69, 9.17) is 18.9 Å². The summed E-state index contributed by atoms with van der Waals surface area (Å²) < 4.78 is 29.3. The van der Waals surface area contributed by atoms with Gasteiger partial charge in [-0.2, -0.15) is 0 Å². The van der Waals surface area contributed by atoms with E-state index < -0.39 is 0 Å². The highest BCUT2D eigenvalue weighted by Gasteiger charge is 2.30. The van der Waals surface area contributed by atoms with Crippen LogP contribution in [0.1, 0.15) is 278 Å². The Hall–Kier alpha value is -4.96. The fourth-order valence-electron chi connectivity index (χ4n) is 11.0. The van der Waals surface area contributed by atoms with E-state index in [0.717, 1.165) is 100 Å². The lowest BCUT2D eigenvalue weighted by Crippen LogP contribution is -2.18. The van der Waals surface area contributed by atoms with E-state index in [2.05, 4.69) is 158 Å². The molecule has 0 radical (unpaired) electrons. The lowest BCUT2D eigenvalue weighted by atomic mass is 9.79. The first-order chi connectivity index (χ1) is 38.1. The summed E-state index contributed by atoms with van der Waals surface area (Å²) in [6.07, 6.45) is 33.0. The third-order valence-corrected chi connectivity index (χ3v) is 16.2. The van der Waals surface area contributed by atoms with Crippen LogP contribution in [0.4, 0.5) is 0 Å². The Morgan fingerprint density at radius 3 is 0.588 bits per heavy atom. The zero-order valence-corrected chi connectivity index (χ0v) is 53.2. The summed E-state index contributed by atoms with van der Waals surface area (Å²) in [4.78, 5) is 0. The molecule has 0 N–H and O–H groups in total. The monoisotopic (exact) mass is 1090 g/mol. The van der Waals surface area contributed by atoms with Crippen molar-refractivity contribution in [3.05, 3.63) is 166 Å². The van der Waals surface area contributed by atoms with Crippen molar-refractivity contribution in [1.82, 2.24) is 0 Å². The fraction of sp³-hybridized carbons (Fsp3) is 0.579. The Balaban J connectivity index is 1.90. The summed E-state index contributed by atoms with van der Waals surface area (Å²) >= 11 is 0. The lowest BCUT2D eigenvalue weighted by molar-refractivity contribution is 0.293. The second-order valence-corrected chi connectivity index (χ2v) is 27.6. The van der Waals surface area contributed by atoms with Crippen LogP contribution in [0.2, 0.25) is 0 Å². The van der Waals surface area contributed by atoms with Crippen LogP contribution in [0.15, 0.2) is 99.2 Å². The Labute approximate surface area is 490 Å². The molecule has 4 aromatic carbocycles. The van der Waals surface area contributed by atoms with Crippen molar-refractivity contribution in [1.29, 1.82) is 0 Å². The van der Waals surface area contributed by atoms with E-state index >= 15 is 0 Å². The number of hydrogen-bond acceptors (Lipinski definition) is 4. The van der Waals surface area contributed by atoms with Gasteiger partial charge in [0.1, 0.15) is 23.0 Å². The first kappa shape index (κ1) is 65.8. The molecule has 0 fully saturated rings. The highest BCUT2D eigenvalue weighted by atomic mass is 16.5. The molecule has 1 aliphatic rings. The van der Waals surface area contributed by atoms with Crippen molar-refractivity contribution in [3.63, 3.8) is 0 Å². The van der Waals surface area contributed by atoms with Crippen LogP contribution in [0, 0.1) is 0 Å². The van der Waals surface area contributed by atoms with Crippen molar-refractivity contribution < 1.29 is 18.9 Å². The smallest absolute Gasteiger partial charge is 0.126 e. The van der Waals surface area contributed by atoms with E-state index in [1.165, 1.54) is 118 Å². The predicted octanol–water partition coefficient (Wildman–Crippen LogP) is 21.6. The van der Waals surface area contributed by atoms with Crippen molar-refractivity contribution >= 4 is 0 Å². The summed E-state index contributed by atoms with van der Waals surface area (Å²) in [6, 6.07) is 19.8. The minimum Gasteiger partial charge on any atom is -0.493 e. The molecule has 0 aliphatic heterocycles. The number of allylic oxidation sites excluding steroid dienone is 4. The Morgan fingerprint density at radius 1 is 0.275 bits per heavy atom. The van der Waals surface area contributed by atoms with Gasteiger partial charge in [-0.3, -0.25) is 0 Å². The van der Waals surface area contributed by atoms with Crippen LogP contribution >= 0.6 is 0 Å². The van der Waals surface area contributed by atoms with Crippen LogP contribution in [-0.4, -0.2) is 26.4 Å². The maximum atomic E-state index is 7.33. The predicted molar refractivity (Wildman–Crippen MR) is 347 cm³/mol. The zero-order valence-electron chi connectivity index (χ0n) is 53.2. The molecular weight excluding hydrogens is 977 g/mol. The molecule has 4 nitrogen and oxygen atoms in total. The van der Waals surface area contributed by atoms with Gasteiger partial charge in [0, 0.05) is 25.7 Å². The summed E-state index contributed by atoms with van der Waals surface area (Å²) in [5.41, 5.74) is 14.6. The molecular formula is C76H112O4. The van der Waals surface area contributed by atoms with Crippen molar-refractivity contribution in [2.75, 3.05) is 26.4 Å². The third-order valence-electron chi connectivity index (χ3n) is 16.2. The molecule has 4 heteroatoms. The largest absolute Gasteiger partial charge is 0.493 e. The average Bonchev–Trinajstić information content (AvgIpc) is 3.38. The number of benzene rings is 4. The second-order valence-electron chi connectivity index (χ2n) is 27.6. The molecule has 80 heavy (non-hydrogen) atoms. The maximum Gasteiger partial charge on any atom is 0.126 e. The number of hydrogen-bond donors (Lipinski definition) is 0. The van der Waals surface area contributed by atoms with Crippen molar-refractivity contribution in [2.24, 2.45) is 0 Å². The summed E-state index contributed by atoms with van der Waals surface area (Å²) in [5.74, 6) is 4.07. The van der Waals surface area contributed by atoms with Crippen LogP contribution in [-0.2, 0) is 47.3 Å². The SMILES string of the molecule is C=CCCCCCCOc1c2cc(C(C)(C)C)cc1Cc1cc(C(C)(C)C)cc(c1OCCCCCCC=C)Cc1cc(C(C)(C)C)cc(c1OCCCCCCC=C)Cc1cc(C(C)(C)C)cc(c1OCCCCCCC=C)C2. The van der Waals surface area contributed by atoms with Crippen LogP contribution in [0.25, 0.3) is 0 Å². The van der Waals surface area contributed by atoms with Gasteiger partial charge in [0.05, 0.1) is 26.4 Å². The van der Waals surface area contributed by atoms with Gasteiger partial charge < -0.3 is 18.9 Å². The molecule has 0 spiro atoms. The Bertz CT molecular complexity index is 2130.